The minimum absolute atomic E-state index is 0.000279. The van der Waals surface area contributed by atoms with Crippen LogP contribution in [0.25, 0.3) is 0 Å². The summed E-state index contributed by atoms with van der Waals surface area (Å²) in [4.78, 5) is 42.0. The van der Waals surface area contributed by atoms with Crippen LogP contribution >= 0.6 is 0 Å². The molecule has 4 aliphatic heterocycles. The number of carbonyl (C=O) groups excluding carboxylic acids is 3. The van der Waals surface area contributed by atoms with Crippen molar-refractivity contribution in [1.29, 1.82) is 0 Å². The highest BCUT2D eigenvalue weighted by atomic mass is 19.3. The Morgan fingerprint density at radius 1 is 1.21 bits per heavy atom. The number of aryl methyl sites for hydroxylation is 1. The Hall–Kier alpha value is -3.85. The van der Waals surface area contributed by atoms with Gasteiger partial charge in [-0.2, -0.15) is 0 Å². The molecular weight excluding hydrogens is 518 g/mol. The average molecular weight is 549 g/mol. The number of hydrogen-bond donors (Lipinski definition) is 8. The summed E-state index contributed by atoms with van der Waals surface area (Å²) in [6.45, 7) is -0.298. The lowest BCUT2D eigenvalue weighted by Crippen LogP contribution is -2.92. The van der Waals surface area contributed by atoms with Crippen molar-refractivity contribution >= 4 is 29.6 Å². The molecule has 0 bridgehead atoms. The number of rotatable bonds is 4. The number of nitrogens with two attached hydrogens (primary N) is 2. The van der Waals surface area contributed by atoms with Crippen LogP contribution in [0.15, 0.2) is 18.2 Å². The van der Waals surface area contributed by atoms with Gasteiger partial charge in [0.15, 0.2) is 6.04 Å². The van der Waals surface area contributed by atoms with Gasteiger partial charge in [0, 0.05) is 31.2 Å². The third kappa shape index (κ3) is 3.66. The molecule has 2 fully saturated rings. The first-order chi connectivity index (χ1) is 18.3. The van der Waals surface area contributed by atoms with E-state index in [0.29, 0.717) is 5.56 Å². The first kappa shape index (κ1) is 25.4. The van der Waals surface area contributed by atoms with Crippen molar-refractivity contribution in [3.63, 3.8) is 0 Å². The zero-order chi connectivity index (χ0) is 27.9. The smallest absolute Gasteiger partial charge is 0.347 e. The summed E-state index contributed by atoms with van der Waals surface area (Å²) in [6, 6.07) is 1.69. The van der Waals surface area contributed by atoms with E-state index in [1.54, 1.807) is 12.1 Å². The summed E-state index contributed by atoms with van der Waals surface area (Å²) < 4.78 is 29.8. The number of alkyl halides is 2. The summed E-state index contributed by atoms with van der Waals surface area (Å²) in [5.74, 6) is -7.11. The molecular formula is C24H30F2N8O5+2. The van der Waals surface area contributed by atoms with Gasteiger partial charge >= 0.3 is 11.9 Å². The van der Waals surface area contributed by atoms with Gasteiger partial charge < -0.3 is 15.5 Å². The number of likely N-dealkylation sites (tertiary alicyclic amines) is 1. The lowest BCUT2D eigenvalue weighted by molar-refractivity contribution is -0.674. The lowest BCUT2D eigenvalue weighted by Gasteiger charge is -2.41. The van der Waals surface area contributed by atoms with E-state index in [1.165, 1.54) is 10.6 Å². The molecule has 15 heteroatoms. The standard InChI is InChI=1S/C24H28F2N8O5/c25-22(26)7-6-11-2-1-3-12(13(11)8-22)19(37)30-15-10-34-21(28)29-14(9-33-16(35)4-5-17(33)36)18-23(34,24(15,38)39)32-20(27)31-18/h1-3,14-15,18,38-39H,4-10H2,(H6,27,28,29,30,31,32,37)/p+2/t14-,15?,18-,23-/m0/s1. The molecule has 1 aromatic rings. The molecule has 3 amide bonds. The van der Waals surface area contributed by atoms with Gasteiger partial charge in [0.05, 0.1) is 13.1 Å². The fraction of sp³-hybridized carbons (Fsp3) is 0.542. The molecule has 0 saturated carbocycles. The number of benzene rings is 1. The van der Waals surface area contributed by atoms with Crippen molar-refractivity contribution in [3.8, 4) is 0 Å². The summed E-state index contributed by atoms with van der Waals surface area (Å²) in [6.07, 6.45) is -0.604. The number of imide groups is 1. The predicted octanol–water partition coefficient (Wildman–Crippen LogP) is -4.89. The maximum Gasteiger partial charge on any atom is 0.347 e. The fourth-order valence-corrected chi connectivity index (χ4v) is 6.61. The highest BCUT2D eigenvalue weighted by Gasteiger charge is 2.78. The molecule has 4 atom stereocenters. The van der Waals surface area contributed by atoms with Crippen LogP contribution in [0.3, 0.4) is 0 Å². The van der Waals surface area contributed by atoms with Gasteiger partial charge in [0.25, 0.3) is 23.3 Å². The second-order valence-electron chi connectivity index (χ2n) is 10.8. The summed E-state index contributed by atoms with van der Waals surface area (Å²) in [5, 5.41) is 31.7. The highest BCUT2D eigenvalue weighted by molar-refractivity contribution is 6.02. The van der Waals surface area contributed by atoms with E-state index in [-0.39, 0.29) is 73.6 Å². The van der Waals surface area contributed by atoms with E-state index in [4.69, 9.17) is 11.5 Å². The maximum atomic E-state index is 14.2. The molecule has 4 heterocycles. The zero-order valence-electron chi connectivity index (χ0n) is 20.8. The minimum atomic E-state index is -2.95. The van der Waals surface area contributed by atoms with Crippen molar-refractivity contribution in [3.05, 3.63) is 34.9 Å². The second-order valence-corrected chi connectivity index (χ2v) is 10.8. The van der Waals surface area contributed by atoms with E-state index in [1.807, 2.05) is 0 Å². The monoisotopic (exact) mass is 548 g/mol. The SMILES string of the molecule is NC1=[NH+][C@H]2[C@H](CN3C(=O)CCC3=O)NC(N)=[N+]3CC(NC(=O)c4cccc5c4CC(F)(F)CC5)C(O)(O)[C@]23N1. The Morgan fingerprint density at radius 3 is 2.64 bits per heavy atom. The third-order valence-corrected chi connectivity index (χ3v) is 8.50. The van der Waals surface area contributed by atoms with Crippen LogP contribution in [0.4, 0.5) is 8.78 Å². The molecule has 1 aromatic carbocycles. The number of nitrogens with zero attached hydrogens (tertiary/aromatic N) is 2. The van der Waals surface area contributed by atoms with E-state index in [0.717, 1.165) is 4.90 Å². The van der Waals surface area contributed by atoms with Gasteiger partial charge in [-0.25, -0.2) is 18.7 Å². The Balaban J connectivity index is 1.31. The highest BCUT2D eigenvalue weighted by Crippen LogP contribution is 2.39. The van der Waals surface area contributed by atoms with Gasteiger partial charge in [-0.1, -0.05) is 12.1 Å². The molecule has 208 valence electrons. The largest absolute Gasteiger partial charge is 0.358 e. The predicted molar refractivity (Wildman–Crippen MR) is 129 cm³/mol. The fourth-order valence-electron chi connectivity index (χ4n) is 6.61. The normalized spacial score (nSPS) is 32.2. The summed E-state index contributed by atoms with van der Waals surface area (Å²) in [5.41, 5.74) is 11.4. The molecule has 6 rings (SSSR count). The molecule has 13 nitrogen and oxygen atoms in total. The number of carbonyl (C=O) groups is 3. The molecule has 1 unspecified atom stereocenters. The van der Waals surface area contributed by atoms with E-state index < -0.39 is 47.8 Å². The number of nitrogens with one attached hydrogen (secondary N) is 4. The van der Waals surface area contributed by atoms with Crippen LogP contribution in [0, 0.1) is 0 Å². The quantitative estimate of drug-likeness (QED) is 0.103. The van der Waals surface area contributed by atoms with Crippen molar-refractivity contribution in [1.82, 2.24) is 20.9 Å². The number of halogens is 2. The van der Waals surface area contributed by atoms with E-state index in [2.05, 4.69) is 20.9 Å². The maximum absolute atomic E-state index is 14.2. The number of fused-ring (bicyclic) bond motifs is 1. The Bertz CT molecular complexity index is 1350. The van der Waals surface area contributed by atoms with Crippen LogP contribution in [0.5, 0.6) is 0 Å². The molecule has 39 heavy (non-hydrogen) atoms. The summed E-state index contributed by atoms with van der Waals surface area (Å²) in [7, 11) is 0. The van der Waals surface area contributed by atoms with Crippen molar-refractivity contribution < 1.29 is 42.9 Å². The van der Waals surface area contributed by atoms with Crippen molar-refractivity contribution in [2.75, 3.05) is 13.1 Å². The van der Waals surface area contributed by atoms with Gasteiger partial charge in [0.2, 0.25) is 11.8 Å². The number of guanidine groups is 2. The van der Waals surface area contributed by atoms with Crippen LogP contribution in [-0.4, -0.2) is 97.9 Å². The first-order valence-corrected chi connectivity index (χ1v) is 12.8. The van der Waals surface area contributed by atoms with Crippen molar-refractivity contribution in [2.45, 2.75) is 67.6 Å². The molecule has 5 aliphatic rings. The van der Waals surface area contributed by atoms with Crippen molar-refractivity contribution in [2.24, 2.45) is 11.5 Å². The Labute approximate surface area is 220 Å². The van der Waals surface area contributed by atoms with Gasteiger partial charge in [-0.15, -0.1) is 0 Å². The Morgan fingerprint density at radius 2 is 1.92 bits per heavy atom. The van der Waals surface area contributed by atoms with Crippen LogP contribution in [-0.2, 0) is 22.4 Å². The molecule has 1 aliphatic carbocycles. The molecule has 10 N–H and O–H groups in total. The summed E-state index contributed by atoms with van der Waals surface area (Å²) >= 11 is 0. The number of amides is 3. The van der Waals surface area contributed by atoms with Crippen LogP contribution in [0.2, 0.25) is 0 Å². The van der Waals surface area contributed by atoms with Gasteiger partial charge in [-0.05, 0) is 23.6 Å². The average Bonchev–Trinajstić information content (AvgIpc) is 3.46. The van der Waals surface area contributed by atoms with E-state index >= 15 is 0 Å². The molecule has 2 saturated heterocycles. The zero-order valence-corrected chi connectivity index (χ0v) is 20.8. The molecule has 1 spiro atoms. The van der Waals surface area contributed by atoms with Gasteiger partial charge in [-0.3, -0.25) is 41.1 Å². The Kier molecular flexibility index (Phi) is 5.43. The first-order valence-electron chi connectivity index (χ1n) is 12.8. The number of aliphatic hydroxyl groups is 2. The van der Waals surface area contributed by atoms with E-state index in [9.17, 15) is 33.4 Å². The third-order valence-electron chi connectivity index (χ3n) is 8.50. The lowest BCUT2D eigenvalue weighted by atomic mass is 9.84. The van der Waals surface area contributed by atoms with Crippen LogP contribution in [0.1, 0.15) is 40.7 Å². The molecule has 0 radical (unpaired) electrons. The second kappa shape index (κ2) is 8.32. The number of hydrogen-bond acceptors (Lipinski definition) is 9. The topological polar surface area (TPSA) is 200 Å². The van der Waals surface area contributed by atoms with Gasteiger partial charge in [0.1, 0.15) is 12.1 Å². The van der Waals surface area contributed by atoms with Crippen LogP contribution < -0.4 is 32.4 Å². The molecule has 0 aromatic heterocycles. The minimum Gasteiger partial charge on any atom is -0.358 e.